The van der Waals surface area contributed by atoms with E-state index in [0.717, 1.165) is 0 Å². The summed E-state index contributed by atoms with van der Waals surface area (Å²) in [5, 5.41) is 7.75. The molecular weight excluding hydrogens is 291 g/mol. The monoisotopic (exact) mass is 292 g/mol. The standard InChI is InChI=1S/C6HF9O3/c7-2(8,1(16)17)5(13)3(9,10)4(11,12)6(14,15)18-5/h(H,16,17). The second-order valence-corrected chi connectivity index (χ2v) is 3.24. The average Bonchev–Trinajstić information content (AvgIpc) is 2.23. The topological polar surface area (TPSA) is 46.5 Å². The lowest BCUT2D eigenvalue weighted by atomic mass is 10.0. The molecule has 0 bridgehead atoms. The fourth-order valence-electron chi connectivity index (χ4n) is 1.09. The molecule has 1 aliphatic rings. The lowest BCUT2D eigenvalue weighted by Crippen LogP contribution is -2.62. The maximum atomic E-state index is 13.0. The van der Waals surface area contributed by atoms with Crippen LogP contribution in [-0.2, 0) is 9.53 Å². The van der Waals surface area contributed by atoms with Crippen LogP contribution in [0.15, 0.2) is 0 Å². The largest absolute Gasteiger partial charge is 0.477 e. The van der Waals surface area contributed by atoms with E-state index in [9.17, 15) is 44.3 Å². The van der Waals surface area contributed by atoms with E-state index >= 15 is 0 Å². The van der Waals surface area contributed by atoms with Gasteiger partial charge in [0.25, 0.3) is 0 Å². The van der Waals surface area contributed by atoms with Crippen LogP contribution in [0, 0.1) is 0 Å². The first-order valence-electron chi connectivity index (χ1n) is 3.79. The van der Waals surface area contributed by atoms with Crippen molar-refractivity contribution >= 4 is 5.97 Å². The van der Waals surface area contributed by atoms with Gasteiger partial charge in [0.1, 0.15) is 0 Å². The van der Waals surface area contributed by atoms with Crippen molar-refractivity contribution in [3.63, 3.8) is 0 Å². The second kappa shape index (κ2) is 3.22. The molecule has 0 aromatic rings. The van der Waals surface area contributed by atoms with Crippen LogP contribution in [0.4, 0.5) is 39.5 Å². The number of halogens is 9. The Balaban J connectivity index is 3.50. The molecule has 0 radical (unpaired) electrons. The second-order valence-electron chi connectivity index (χ2n) is 3.24. The SMILES string of the molecule is O=C(O)C(F)(F)C1(F)OC(F)(F)C(F)(F)C1(F)F. The number of ether oxygens (including phenoxy) is 1. The van der Waals surface area contributed by atoms with Gasteiger partial charge in [-0.1, -0.05) is 0 Å². The quantitative estimate of drug-likeness (QED) is 0.794. The molecule has 1 unspecified atom stereocenters. The third-order valence-corrected chi connectivity index (χ3v) is 2.10. The Morgan fingerprint density at radius 3 is 1.56 bits per heavy atom. The molecule has 12 heteroatoms. The van der Waals surface area contributed by atoms with Gasteiger partial charge >= 0.3 is 35.7 Å². The number of rotatable bonds is 2. The van der Waals surface area contributed by atoms with Crippen molar-refractivity contribution in [3.05, 3.63) is 0 Å². The van der Waals surface area contributed by atoms with Crippen LogP contribution in [0.25, 0.3) is 0 Å². The summed E-state index contributed by atoms with van der Waals surface area (Å²) >= 11 is 0. The highest BCUT2D eigenvalue weighted by atomic mass is 19.4. The van der Waals surface area contributed by atoms with Gasteiger partial charge < -0.3 is 5.11 Å². The Hall–Kier alpha value is -1.20. The molecule has 0 spiro atoms. The Morgan fingerprint density at radius 1 is 0.944 bits per heavy atom. The van der Waals surface area contributed by atoms with E-state index in [1.165, 1.54) is 0 Å². The van der Waals surface area contributed by atoms with E-state index in [1.54, 1.807) is 0 Å². The highest BCUT2D eigenvalue weighted by molar-refractivity contribution is 5.77. The first-order valence-corrected chi connectivity index (χ1v) is 3.79. The number of hydrogen-bond donors (Lipinski definition) is 1. The molecular formula is C6HF9O3. The summed E-state index contributed by atoms with van der Waals surface area (Å²) in [6, 6.07) is 0. The van der Waals surface area contributed by atoms with Crippen molar-refractivity contribution in [2.24, 2.45) is 0 Å². The molecule has 0 amide bonds. The molecule has 1 saturated heterocycles. The predicted octanol–water partition coefficient (Wildman–Crippen LogP) is 2.27. The first-order chi connectivity index (χ1) is 7.65. The third kappa shape index (κ3) is 1.29. The summed E-state index contributed by atoms with van der Waals surface area (Å²) in [5.41, 5.74) is 0. The number of aliphatic carboxylic acids is 1. The summed E-state index contributed by atoms with van der Waals surface area (Å²) in [6.07, 6.45) is -6.30. The summed E-state index contributed by atoms with van der Waals surface area (Å²) in [7, 11) is 0. The third-order valence-electron chi connectivity index (χ3n) is 2.10. The van der Waals surface area contributed by atoms with Crippen molar-refractivity contribution in [3.8, 4) is 0 Å². The predicted molar refractivity (Wildman–Crippen MR) is 32.3 cm³/mol. The van der Waals surface area contributed by atoms with Gasteiger partial charge in [-0.3, -0.25) is 4.74 Å². The summed E-state index contributed by atoms with van der Waals surface area (Å²) in [6.45, 7) is 0. The van der Waals surface area contributed by atoms with Crippen LogP contribution in [0.2, 0.25) is 0 Å². The van der Waals surface area contributed by atoms with Crippen molar-refractivity contribution in [2.75, 3.05) is 0 Å². The molecule has 3 nitrogen and oxygen atoms in total. The molecule has 1 rings (SSSR count). The van der Waals surface area contributed by atoms with Gasteiger partial charge in [0.15, 0.2) is 0 Å². The van der Waals surface area contributed by atoms with Gasteiger partial charge in [0.05, 0.1) is 0 Å². The Bertz CT molecular complexity index is 392. The molecule has 1 fully saturated rings. The van der Waals surface area contributed by atoms with Crippen LogP contribution in [0.1, 0.15) is 0 Å². The minimum atomic E-state index is -6.76. The molecule has 1 N–H and O–H groups in total. The zero-order valence-corrected chi connectivity index (χ0v) is 7.67. The van der Waals surface area contributed by atoms with Crippen LogP contribution in [0.3, 0.4) is 0 Å². The Kier molecular flexibility index (Phi) is 2.66. The number of carbonyl (C=O) groups is 1. The van der Waals surface area contributed by atoms with Crippen LogP contribution < -0.4 is 0 Å². The van der Waals surface area contributed by atoms with Gasteiger partial charge in [-0.05, 0) is 0 Å². The van der Waals surface area contributed by atoms with Crippen LogP contribution in [-0.4, -0.2) is 40.8 Å². The maximum absolute atomic E-state index is 13.0. The normalized spacial score (nSPS) is 33.4. The van der Waals surface area contributed by atoms with E-state index < -0.39 is 35.7 Å². The maximum Gasteiger partial charge on any atom is 0.428 e. The summed E-state index contributed by atoms with van der Waals surface area (Å²) < 4.78 is 115. The zero-order chi connectivity index (χ0) is 14.8. The Labute approximate surface area is 91.1 Å². The molecule has 0 aliphatic carbocycles. The molecule has 1 atom stereocenters. The van der Waals surface area contributed by atoms with Gasteiger partial charge in [-0.2, -0.15) is 39.5 Å². The number of alkyl halides is 9. The number of carboxylic acid groups (broad SMARTS) is 1. The molecule has 0 aromatic heterocycles. The minimum Gasteiger partial charge on any atom is -0.477 e. The van der Waals surface area contributed by atoms with Crippen molar-refractivity contribution in [1.29, 1.82) is 0 Å². The van der Waals surface area contributed by atoms with E-state index in [0.29, 0.717) is 0 Å². The van der Waals surface area contributed by atoms with Crippen molar-refractivity contribution < 1.29 is 54.2 Å². The van der Waals surface area contributed by atoms with Gasteiger partial charge in [0, 0.05) is 0 Å². The summed E-state index contributed by atoms with van der Waals surface area (Å²) in [5.74, 6) is -29.8. The molecule has 1 aliphatic heterocycles. The van der Waals surface area contributed by atoms with Crippen molar-refractivity contribution in [1.82, 2.24) is 0 Å². The summed E-state index contributed by atoms with van der Waals surface area (Å²) in [4.78, 5) is 9.83. The number of carboxylic acids is 1. The zero-order valence-electron chi connectivity index (χ0n) is 7.67. The highest BCUT2D eigenvalue weighted by Gasteiger charge is 2.96. The molecule has 106 valence electrons. The van der Waals surface area contributed by atoms with Crippen LogP contribution >= 0.6 is 0 Å². The molecule has 0 saturated carbocycles. The smallest absolute Gasteiger partial charge is 0.428 e. The van der Waals surface area contributed by atoms with Crippen molar-refractivity contribution in [2.45, 2.75) is 29.7 Å². The highest BCUT2D eigenvalue weighted by Crippen LogP contribution is 2.64. The van der Waals surface area contributed by atoms with E-state index in [-0.39, 0.29) is 0 Å². The van der Waals surface area contributed by atoms with Gasteiger partial charge in [0.2, 0.25) is 0 Å². The molecule has 1 heterocycles. The Morgan fingerprint density at radius 2 is 1.33 bits per heavy atom. The molecule has 0 aromatic carbocycles. The fourth-order valence-corrected chi connectivity index (χ4v) is 1.09. The fraction of sp³-hybridized carbons (Fsp3) is 0.833. The van der Waals surface area contributed by atoms with Crippen LogP contribution in [0.5, 0.6) is 0 Å². The van der Waals surface area contributed by atoms with E-state index in [1.807, 2.05) is 0 Å². The molecule has 18 heavy (non-hydrogen) atoms. The lowest BCUT2D eigenvalue weighted by molar-refractivity contribution is -0.369. The minimum absolute atomic E-state index is 2.06. The average molecular weight is 292 g/mol. The first kappa shape index (κ1) is 14.9. The lowest BCUT2D eigenvalue weighted by Gasteiger charge is -2.29. The van der Waals surface area contributed by atoms with E-state index in [4.69, 9.17) is 5.11 Å². The van der Waals surface area contributed by atoms with E-state index in [2.05, 4.69) is 4.74 Å². The number of hydrogen-bond acceptors (Lipinski definition) is 2. The van der Waals surface area contributed by atoms with Gasteiger partial charge in [-0.15, -0.1) is 0 Å². The van der Waals surface area contributed by atoms with Gasteiger partial charge in [-0.25, -0.2) is 4.79 Å².